The second-order valence-electron chi connectivity index (χ2n) is 10.0. The normalized spacial score (nSPS) is 20.3. The van der Waals surface area contributed by atoms with Crippen molar-refractivity contribution in [2.24, 2.45) is 10.4 Å². The van der Waals surface area contributed by atoms with Crippen LogP contribution in [0.5, 0.6) is 0 Å². The Morgan fingerprint density at radius 3 is 2.43 bits per heavy atom. The lowest BCUT2D eigenvalue weighted by atomic mass is 9.89. The first-order chi connectivity index (χ1) is 14.2. The first-order valence-corrected chi connectivity index (χ1v) is 11.8. The summed E-state index contributed by atoms with van der Waals surface area (Å²) in [5.74, 6) is 1.06. The van der Waals surface area contributed by atoms with Gasteiger partial charge in [0.25, 0.3) is 0 Å². The molecule has 0 radical (unpaired) electrons. The highest BCUT2D eigenvalue weighted by atomic mass is 16.6. The van der Waals surface area contributed by atoms with Crippen molar-refractivity contribution in [3.05, 3.63) is 0 Å². The maximum Gasteiger partial charge on any atom is 0.407 e. The number of amides is 1. The highest BCUT2D eigenvalue weighted by Crippen LogP contribution is 2.37. The molecule has 0 aromatic rings. The minimum atomic E-state index is -0.460. The fourth-order valence-electron chi connectivity index (χ4n) is 4.14. The zero-order valence-corrected chi connectivity index (χ0v) is 19.9. The van der Waals surface area contributed by atoms with E-state index in [2.05, 4.69) is 29.4 Å². The van der Waals surface area contributed by atoms with E-state index in [0.717, 1.165) is 51.4 Å². The third-order valence-corrected chi connectivity index (χ3v) is 5.84. The molecule has 7 heteroatoms. The Kier molecular flexibility index (Phi) is 9.72. The highest BCUT2D eigenvalue weighted by Gasteiger charge is 2.29. The smallest absolute Gasteiger partial charge is 0.407 e. The van der Waals surface area contributed by atoms with Crippen LogP contribution in [0.3, 0.4) is 0 Å². The van der Waals surface area contributed by atoms with Crippen molar-refractivity contribution in [2.45, 2.75) is 91.3 Å². The molecule has 1 saturated heterocycles. The summed E-state index contributed by atoms with van der Waals surface area (Å²) in [6, 6.07) is 0. The molecule has 0 aromatic heterocycles. The number of hydrogen-bond acceptors (Lipinski definition) is 4. The van der Waals surface area contributed by atoms with Gasteiger partial charge in [0.15, 0.2) is 5.96 Å². The topological polar surface area (TPSA) is 75.2 Å². The van der Waals surface area contributed by atoms with Gasteiger partial charge in [-0.3, -0.25) is 4.99 Å². The van der Waals surface area contributed by atoms with E-state index in [-0.39, 0.29) is 12.2 Å². The number of ether oxygens (including phenoxy) is 2. The van der Waals surface area contributed by atoms with Gasteiger partial charge in [-0.2, -0.15) is 0 Å². The molecule has 0 spiro atoms. The van der Waals surface area contributed by atoms with Crippen LogP contribution < -0.4 is 10.6 Å². The number of guanidine groups is 1. The number of likely N-dealkylation sites (tertiary alicyclic amines) is 1. The third-order valence-electron chi connectivity index (χ3n) is 5.84. The van der Waals surface area contributed by atoms with Crippen LogP contribution in [0.25, 0.3) is 0 Å². The number of nitrogens with one attached hydrogen (secondary N) is 2. The third kappa shape index (κ3) is 9.11. The molecule has 1 saturated carbocycles. The van der Waals surface area contributed by atoms with Gasteiger partial charge in [-0.25, -0.2) is 4.79 Å². The minimum Gasteiger partial charge on any atom is -0.444 e. The van der Waals surface area contributed by atoms with Gasteiger partial charge in [0.2, 0.25) is 0 Å². The zero-order valence-electron chi connectivity index (χ0n) is 19.9. The Hall–Kier alpha value is -1.50. The molecule has 0 atom stereocenters. The summed E-state index contributed by atoms with van der Waals surface area (Å²) in [5.41, 5.74) is -0.0758. The Balaban J connectivity index is 1.64. The summed E-state index contributed by atoms with van der Waals surface area (Å²) >= 11 is 0. The quantitative estimate of drug-likeness (QED) is 0.351. The molecule has 2 rings (SSSR count). The van der Waals surface area contributed by atoms with E-state index in [9.17, 15) is 4.79 Å². The maximum absolute atomic E-state index is 11.6. The predicted octanol–water partition coefficient (Wildman–Crippen LogP) is 3.93. The first-order valence-electron chi connectivity index (χ1n) is 11.8. The van der Waals surface area contributed by atoms with Crippen molar-refractivity contribution < 1.29 is 14.3 Å². The predicted molar refractivity (Wildman–Crippen MR) is 122 cm³/mol. The standard InChI is InChI=1S/C23H44N4O3/c1-6-24-20(26-18-23(5)12-7-8-13-23)27-15-10-19(11-16-27)29-17-9-14-25-21(28)30-22(2,3)4/h19H,6-18H2,1-5H3,(H,24,26)(H,25,28). The summed E-state index contributed by atoms with van der Waals surface area (Å²) in [5, 5.41) is 6.26. The molecule has 0 bridgehead atoms. The van der Waals surface area contributed by atoms with Crippen LogP contribution in [0.15, 0.2) is 4.99 Å². The number of carbonyl (C=O) groups excluding carboxylic acids is 1. The number of nitrogens with zero attached hydrogens (tertiary/aromatic N) is 2. The molecule has 0 aromatic carbocycles. The van der Waals surface area contributed by atoms with E-state index in [1.807, 2.05) is 20.8 Å². The van der Waals surface area contributed by atoms with Gasteiger partial charge >= 0.3 is 6.09 Å². The monoisotopic (exact) mass is 424 g/mol. The number of aliphatic imine (C=N–C) groups is 1. The summed E-state index contributed by atoms with van der Waals surface area (Å²) in [4.78, 5) is 19.0. The van der Waals surface area contributed by atoms with Gasteiger partial charge in [0.05, 0.1) is 6.10 Å². The molecule has 30 heavy (non-hydrogen) atoms. The number of alkyl carbamates (subject to hydrolysis) is 1. The van der Waals surface area contributed by atoms with Crippen molar-refractivity contribution in [1.29, 1.82) is 0 Å². The number of carbonyl (C=O) groups is 1. The van der Waals surface area contributed by atoms with Crippen LogP contribution in [0.4, 0.5) is 4.79 Å². The molecule has 2 N–H and O–H groups in total. The molecule has 2 fully saturated rings. The number of piperidine rings is 1. The largest absolute Gasteiger partial charge is 0.444 e. The molecule has 0 unspecified atom stereocenters. The Labute approximate surface area is 183 Å². The summed E-state index contributed by atoms with van der Waals surface area (Å²) < 4.78 is 11.3. The summed E-state index contributed by atoms with van der Waals surface area (Å²) in [6.07, 6.45) is 8.04. The lowest BCUT2D eigenvalue weighted by molar-refractivity contribution is 0.0169. The second-order valence-corrected chi connectivity index (χ2v) is 10.0. The van der Waals surface area contributed by atoms with E-state index >= 15 is 0 Å². The van der Waals surface area contributed by atoms with Gasteiger partial charge in [-0.05, 0) is 65.2 Å². The van der Waals surface area contributed by atoms with Crippen LogP contribution in [-0.2, 0) is 9.47 Å². The van der Waals surface area contributed by atoms with E-state index < -0.39 is 5.60 Å². The summed E-state index contributed by atoms with van der Waals surface area (Å²) in [7, 11) is 0. The molecule has 7 nitrogen and oxygen atoms in total. The average Bonchev–Trinajstić information content (AvgIpc) is 3.11. The van der Waals surface area contributed by atoms with E-state index in [1.165, 1.54) is 25.7 Å². The molecule has 1 amide bonds. The summed E-state index contributed by atoms with van der Waals surface area (Å²) in [6.45, 7) is 15.1. The highest BCUT2D eigenvalue weighted by molar-refractivity contribution is 5.80. The Morgan fingerprint density at radius 1 is 1.17 bits per heavy atom. The van der Waals surface area contributed by atoms with Crippen molar-refractivity contribution in [3.63, 3.8) is 0 Å². The van der Waals surface area contributed by atoms with Gasteiger partial charge in [0.1, 0.15) is 5.60 Å². The molecule has 1 heterocycles. The van der Waals surface area contributed by atoms with Crippen LogP contribution in [0.2, 0.25) is 0 Å². The van der Waals surface area contributed by atoms with Gasteiger partial charge in [-0.15, -0.1) is 0 Å². The van der Waals surface area contributed by atoms with Crippen molar-refractivity contribution in [2.75, 3.05) is 39.3 Å². The van der Waals surface area contributed by atoms with Crippen molar-refractivity contribution >= 4 is 12.1 Å². The molecular weight excluding hydrogens is 380 g/mol. The van der Waals surface area contributed by atoms with E-state index in [1.54, 1.807) is 0 Å². The Bertz CT molecular complexity index is 545. The second kappa shape index (κ2) is 11.8. The fourth-order valence-corrected chi connectivity index (χ4v) is 4.14. The molecule has 1 aliphatic heterocycles. The van der Waals surface area contributed by atoms with E-state index in [4.69, 9.17) is 14.5 Å². The first kappa shape index (κ1) is 24.8. The molecular formula is C23H44N4O3. The maximum atomic E-state index is 11.6. The van der Waals surface area contributed by atoms with E-state index in [0.29, 0.717) is 18.6 Å². The molecule has 2 aliphatic rings. The van der Waals surface area contributed by atoms with Gasteiger partial charge in [-0.1, -0.05) is 19.8 Å². The molecule has 174 valence electrons. The fraction of sp³-hybridized carbons (Fsp3) is 0.913. The van der Waals surface area contributed by atoms with Crippen LogP contribution >= 0.6 is 0 Å². The lowest BCUT2D eigenvalue weighted by Gasteiger charge is -2.34. The average molecular weight is 425 g/mol. The zero-order chi connectivity index (χ0) is 22.0. The van der Waals surface area contributed by atoms with Crippen LogP contribution in [-0.4, -0.2) is 68.0 Å². The van der Waals surface area contributed by atoms with Gasteiger partial charge < -0.3 is 25.0 Å². The van der Waals surface area contributed by atoms with Crippen LogP contribution in [0.1, 0.15) is 79.6 Å². The lowest BCUT2D eigenvalue weighted by Crippen LogP contribution is -2.47. The SMILES string of the molecule is CCNC(=NCC1(C)CCCC1)N1CCC(OCCCNC(=O)OC(C)(C)C)CC1. The number of hydrogen-bond donors (Lipinski definition) is 2. The van der Waals surface area contributed by atoms with Gasteiger partial charge in [0, 0.05) is 39.3 Å². The van der Waals surface area contributed by atoms with Crippen molar-refractivity contribution in [1.82, 2.24) is 15.5 Å². The minimum absolute atomic E-state index is 0.290. The Morgan fingerprint density at radius 2 is 1.83 bits per heavy atom. The number of rotatable bonds is 8. The molecule has 1 aliphatic carbocycles. The van der Waals surface area contributed by atoms with Crippen molar-refractivity contribution in [3.8, 4) is 0 Å². The van der Waals surface area contributed by atoms with Crippen LogP contribution in [0, 0.1) is 5.41 Å².